The Labute approximate surface area is 178 Å². The van der Waals surface area contributed by atoms with E-state index < -0.39 is 0 Å². The van der Waals surface area contributed by atoms with Gasteiger partial charge in [-0.15, -0.1) is 0 Å². The van der Waals surface area contributed by atoms with Crippen LogP contribution in [0, 0.1) is 0 Å². The summed E-state index contributed by atoms with van der Waals surface area (Å²) in [6.07, 6.45) is 9.90. The van der Waals surface area contributed by atoms with Gasteiger partial charge in [0.1, 0.15) is 6.61 Å². The molecule has 1 rings (SSSR count). The molecule has 0 aromatic heterocycles. The molecule has 0 radical (unpaired) electrons. The van der Waals surface area contributed by atoms with Crippen LogP contribution in [0.15, 0.2) is 18.2 Å². The number of esters is 2. The van der Waals surface area contributed by atoms with Crippen LogP contribution in [0.2, 0.25) is 10.0 Å². The molecule has 0 N–H and O–H groups in total. The molecule has 4 nitrogen and oxygen atoms in total. The molecule has 0 aliphatic rings. The third kappa shape index (κ3) is 11.6. The highest BCUT2D eigenvalue weighted by Gasteiger charge is 2.08. The first-order chi connectivity index (χ1) is 13.5. The van der Waals surface area contributed by atoms with Gasteiger partial charge in [0, 0.05) is 18.4 Å². The first-order valence-corrected chi connectivity index (χ1v) is 11.0. The Kier molecular flexibility index (Phi) is 13.8. The molecule has 1 aromatic rings. The normalized spacial score (nSPS) is 10.7. The topological polar surface area (TPSA) is 52.6 Å². The van der Waals surface area contributed by atoms with Gasteiger partial charge in [0.05, 0.1) is 16.7 Å². The number of ether oxygens (including phenoxy) is 2. The third-order valence-electron chi connectivity index (χ3n) is 4.44. The summed E-state index contributed by atoms with van der Waals surface area (Å²) < 4.78 is 10.4. The number of rotatable bonds is 15. The maximum Gasteiger partial charge on any atom is 0.306 e. The van der Waals surface area contributed by atoms with Gasteiger partial charge < -0.3 is 9.47 Å². The minimum atomic E-state index is -0.220. The van der Waals surface area contributed by atoms with Crippen molar-refractivity contribution in [1.82, 2.24) is 0 Å². The Morgan fingerprint density at radius 2 is 1.43 bits per heavy atom. The Morgan fingerprint density at radius 3 is 2.07 bits per heavy atom. The average molecular weight is 431 g/mol. The fourth-order valence-corrected chi connectivity index (χ4v) is 3.12. The molecule has 0 saturated heterocycles. The van der Waals surface area contributed by atoms with Crippen LogP contribution in [0.25, 0.3) is 0 Å². The van der Waals surface area contributed by atoms with Crippen molar-refractivity contribution in [2.24, 2.45) is 0 Å². The van der Waals surface area contributed by atoms with Gasteiger partial charge in [0.2, 0.25) is 0 Å². The Bertz CT molecular complexity index is 590. The summed E-state index contributed by atoms with van der Waals surface area (Å²) in [5, 5.41) is 0.891. The first kappa shape index (κ1) is 24.8. The standard InChI is InChI=1S/C22H32Cl2O4/c1-2-3-10-16-27-20(25)14-8-6-4-5-7-9-15-21(26)28-17-18-12-11-13-19(23)22(18)24/h11-13H,2-10,14-17H2,1H3. The number of carbonyl (C=O) groups excluding carboxylic acids is 2. The van der Waals surface area contributed by atoms with Gasteiger partial charge in [-0.1, -0.05) is 80.8 Å². The van der Waals surface area contributed by atoms with Gasteiger partial charge in [-0.3, -0.25) is 9.59 Å². The van der Waals surface area contributed by atoms with Crippen molar-refractivity contribution in [1.29, 1.82) is 0 Å². The maximum atomic E-state index is 11.8. The van der Waals surface area contributed by atoms with Crippen LogP contribution < -0.4 is 0 Å². The van der Waals surface area contributed by atoms with Crippen molar-refractivity contribution in [2.75, 3.05) is 6.61 Å². The second-order valence-electron chi connectivity index (χ2n) is 6.92. The van der Waals surface area contributed by atoms with Crippen LogP contribution >= 0.6 is 23.2 Å². The van der Waals surface area contributed by atoms with Gasteiger partial charge in [0.25, 0.3) is 0 Å². The highest BCUT2D eigenvalue weighted by atomic mass is 35.5. The summed E-state index contributed by atoms with van der Waals surface area (Å²) in [4.78, 5) is 23.3. The number of hydrogen-bond donors (Lipinski definition) is 0. The van der Waals surface area contributed by atoms with Gasteiger partial charge >= 0.3 is 11.9 Å². The van der Waals surface area contributed by atoms with E-state index in [9.17, 15) is 9.59 Å². The quantitative estimate of drug-likeness (QED) is 0.224. The van der Waals surface area contributed by atoms with E-state index in [0.29, 0.717) is 35.1 Å². The highest BCUT2D eigenvalue weighted by molar-refractivity contribution is 6.42. The zero-order chi connectivity index (χ0) is 20.6. The molecule has 0 aliphatic heterocycles. The zero-order valence-corrected chi connectivity index (χ0v) is 18.3. The van der Waals surface area contributed by atoms with E-state index in [1.54, 1.807) is 18.2 Å². The van der Waals surface area contributed by atoms with Gasteiger partial charge in [0.15, 0.2) is 0 Å². The van der Waals surface area contributed by atoms with Crippen LogP contribution in [0.3, 0.4) is 0 Å². The van der Waals surface area contributed by atoms with Crippen molar-refractivity contribution in [3.63, 3.8) is 0 Å². The first-order valence-electron chi connectivity index (χ1n) is 10.3. The second kappa shape index (κ2) is 15.6. The molecule has 0 amide bonds. The summed E-state index contributed by atoms with van der Waals surface area (Å²) >= 11 is 12.0. The average Bonchev–Trinajstić information content (AvgIpc) is 2.68. The molecule has 6 heteroatoms. The molecule has 1 aromatic carbocycles. The van der Waals surface area contributed by atoms with Crippen molar-refractivity contribution >= 4 is 35.1 Å². The van der Waals surface area contributed by atoms with E-state index >= 15 is 0 Å². The molecule has 0 fully saturated rings. The fourth-order valence-electron chi connectivity index (χ4n) is 2.75. The van der Waals surface area contributed by atoms with E-state index in [-0.39, 0.29) is 18.5 Å². The maximum absolute atomic E-state index is 11.8. The van der Waals surface area contributed by atoms with Crippen molar-refractivity contribution in [3.05, 3.63) is 33.8 Å². The lowest BCUT2D eigenvalue weighted by atomic mass is 10.1. The Morgan fingerprint density at radius 1 is 0.821 bits per heavy atom. The van der Waals surface area contributed by atoms with E-state index in [1.165, 1.54) is 0 Å². The molecule has 0 bridgehead atoms. The van der Waals surface area contributed by atoms with E-state index in [2.05, 4.69) is 6.92 Å². The molecular formula is C22H32Cl2O4. The lowest BCUT2D eigenvalue weighted by Gasteiger charge is -2.07. The molecule has 0 unspecified atom stereocenters. The van der Waals surface area contributed by atoms with Gasteiger partial charge in [-0.25, -0.2) is 0 Å². The van der Waals surface area contributed by atoms with Crippen LogP contribution in [-0.4, -0.2) is 18.5 Å². The summed E-state index contributed by atoms with van der Waals surface area (Å²) in [7, 11) is 0. The Hall–Kier alpha value is -1.26. The fraction of sp³-hybridized carbons (Fsp3) is 0.636. The molecule has 28 heavy (non-hydrogen) atoms. The molecule has 0 atom stereocenters. The minimum absolute atomic E-state index is 0.0846. The summed E-state index contributed by atoms with van der Waals surface area (Å²) in [5.74, 6) is -0.305. The number of carbonyl (C=O) groups is 2. The minimum Gasteiger partial charge on any atom is -0.466 e. The number of hydrogen-bond acceptors (Lipinski definition) is 4. The number of halogens is 2. The van der Waals surface area contributed by atoms with Crippen molar-refractivity contribution in [2.45, 2.75) is 84.2 Å². The summed E-state index contributed by atoms with van der Waals surface area (Å²) in [5.41, 5.74) is 0.714. The lowest BCUT2D eigenvalue weighted by Crippen LogP contribution is -2.05. The summed E-state index contributed by atoms with van der Waals surface area (Å²) in [6.45, 7) is 2.82. The van der Waals surface area contributed by atoms with Crippen LogP contribution in [0.5, 0.6) is 0 Å². The third-order valence-corrected chi connectivity index (χ3v) is 5.30. The zero-order valence-electron chi connectivity index (χ0n) is 16.8. The van der Waals surface area contributed by atoms with E-state index in [1.807, 2.05) is 0 Å². The Balaban J connectivity index is 1.96. The number of benzene rings is 1. The smallest absolute Gasteiger partial charge is 0.306 e. The molecular weight excluding hydrogens is 399 g/mol. The van der Waals surface area contributed by atoms with E-state index in [0.717, 1.165) is 57.8 Å². The SMILES string of the molecule is CCCCCOC(=O)CCCCCCCCC(=O)OCc1cccc(Cl)c1Cl. The molecule has 0 spiro atoms. The monoisotopic (exact) mass is 430 g/mol. The predicted octanol–water partition coefficient (Wildman–Crippen LogP) is 6.89. The van der Waals surface area contributed by atoms with Crippen LogP contribution in [0.1, 0.15) is 83.1 Å². The van der Waals surface area contributed by atoms with Crippen molar-refractivity contribution in [3.8, 4) is 0 Å². The number of unbranched alkanes of at least 4 members (excludes halogenated alkanes) is 7. The predicted molar refractivity (Wildman–Crippen MR) is 114 cm³/mol. The molecule has 158 valence electrons. The summed E-state index contributed by atoms with van der Waals surface area (Å²) in [6, 6.07) is 5.28. The molecule has 0 aliphatic carbocycles. The molecule has 0 saturated carbocycles. The van der Waals surface area contributed by atoms with Crippen molar-refractivity contribution < 1.29 is 19.1 Å². The second-order valence-corrected chi connectivity index (χ2v) is 7.71. The van der Waals surface area contributed by atoms with Crippen LogP contribution in [0.4, 0.5) is 0 Å². The van der Waals surface area contributed by atoms with Gasteiger partial charge in [-0.2, -0.15) is 0 Å². The van der Waals surface area contributed by atoms with E-state index in [4.69, 9.17) is 32.7 Å². The lowest BCUT2D eigenvalue weighted by molar-refractivity contribution is -0.145. The van der Waals surface area contributed by atoms with Gasteiger partial charge in [-0.05, 0) is 25.3 Å². The highest BCUT2D eigenvalue weighted by Crippen LogP contribution is 2.26. The van der Waals surface area contributed by atoms with Crippen LogP contribution in [-0.2, 0) is 25.7 Å². The molecule has 0 heterocycles. The largest absolute Gasteiger partial charge is 0.466 e.